The van der Waals surface area contributed by atoms with Gasteiger partial charge in [0.15, 0.2) is 0 Å². The molecule has 0 unspecified atom stereocenters. The number of thiophene rings is 1. The molecule has 0 fully saturated rings. The van der Waals surface area contributed by atoms with Gasteiger partial charge in [-0.2, -0.15) is 4.98 Å². The summed E-state index contributed by atoms with van der Waals surface area (Å²) in [5, 5.41) is 9.63. The van der Waals surface area contributed by atoms with Gasteiger partial charge in [0, 0.05) is 16.3 Å². The highest BCUT2D eigenvalue weighted by Gasteiger charge is 2.18. The number of fused-ring (bicyclic) bond motifs is 1. The molecule has 1 atom stereocenters. The van der Waals surface area contributed by atoms with Crippen LogP contribution in [0.3, 0.4) is 0 Å². The summed E-state index contributed by atoms with van der Waals surface area (Å²) in [5.41, 5.74) is 1.88. The molecule has 6 nitrogen and oxygen atoms in total. The fourth-order valence-electron chi connectivity index (χ4n) is 2.14. The number of rotatable bonds is 5. The van der Waals surface area contributed by atoms with Gasteiger partial charge < -0.3 is 5.32 Å². The average Bonchev–Trinajstić information content (AvgIpc) is 3.13. The zero-order valence-corrected chi connectivity index (χ0v) is 14.7. The summed E-state index contributed by atoms with van der Waals surface area (Å²) in [7, 11) is 0. The molecule has 3 heterocycles. The number of nitrogens with one attached hydrogen (secondary N) is 1. The first-order valence-electron chi connectivity index (χ1n) is 7.20. The number of nitrogens with zero attached hydrogens (tertiary/aromatic N) is 4. The van der Waals surface area contributed by atoms with E-state index in [2.05, 4.69) is 20.4 Å². The van der Waals surface area contributed by atoms with E-state index in [9.17, 15) is 4.79 Å². The third-order valence-corrected chi connectivity index (χ3v) is 5.09. The smallest absolute Gasteiger partial charge is 0.253 e. The highest BCUT2D eigenvalue weighted by atomic mass is 32.2. The Kier molecular flexibility index (Phi) is 4.63. The predicted octanol–water partition coefficient (Wildman–Crippen LogP) is 2.60. The Hall–Kier alpha value is -1.93. The zero-order valence-electron chi connectivity index (χ0n) is 13.1. The van der Waals surface area contributed by atoms with Crippen molar-refractivity contribution in [2.75, 3.05) is 0 Å². The Morgan fingerprint density at radius 2 is 2.26 bits per heavy atom. The molecule has 8 heteroatoms. The minimum atomic E-state index is -0.270. The molecule has 0 saturated heterocycles. The van der Waals surface area contributed by atoms with Gasteiger partial charge in [-0.15, -0.1) is 16.4 Å². The van der Waals surface area contributed by atoms with Crippen LogP contribution in [0.2, 0.25) is 0 Å². The molecule has 3 rings (SSSR count). The first-order valence-corrected chi connectivity index (χ1v) is 8.96. The molecule has 120 valence electrons. The summed E-state index contributed by atoms with van der Waals surface area (Å²) in [6, 6.07) is 5.93. The lowest BCUT2D eigenvalue weighted by Crippen LogP contribution is -2.30. The molecule has 3 aromatic rings. The van der Waals surface area contributed by atoms with Crippen LogP contribution in [0.25, 0.3) is 5.78 Å². The van der Waals surface area contributed by atoms with Crippen LogP contribution in [0.4, 0.5) is 0 Å². The van der Waals surface area contributed by atoms with E-state index in [1.54, 1.807) is 15.9 Å². The van der Waals surface area contributed by atoms with Gasteiger partial charge in [0.1, 0.15) is 0 Å². The van der Waals surface area contributed by atoms with Gasteiger partial charge in [0.05, 0.1) is 11.8 Å². The summed E-state index contributed by atoms with van der Waals surface area (Å²) in [5.74, 6) is 0.541. The minimum Gasteiger partial charge on any atom is -0.350 e. The molecule has 0 saturated carbocycles. The van der Waals surface area contributed by atoms with Gasteiger partial charge in [0.2, 0.25) is 11.1 Å². The number of aryl methyl sites for hydroxylation is 2. The van der Waals surface area contributed by atoms with E-state index in [0.717, 1.165) is 16.3 Å². The Labute approximate surface area is 142 Å². The van der Waals surface area contributed by atoms with Crippen LogP contribution in [-0.4, -0.2) is 30.7 Å². The molecule has 0 aliphatic rings. The van der Waals surface area contributed by atoms with Crippen molar-refractivity contribution >= 4 is 34.8 Å². The summed E-state index contributed by atoms with van der Waals surface area (Å²) in [4.78, 5) is 22.1. The predicted molar refractivity (Wildman–Crippen MR) is 91.7 cm³/mol. The van der Waals surface area contributed by atoms with Crippen molar-refractivity contribution in [2.45, 2.75) is 37.7 Å². The number of amides is 1. The molecule has 0 bridgehead atoms. The van der Waals surface area contributed by atoms with Crippen molar-refractivity contribution in [3.8, 4) is 0 Å². The summed E-state index contributed by atoms with van der Waals surface area (Å²) in [6.07, 6.45) is 0. The van der Waals surface area contributed by atoms with Crippen molar-refractivity contribution in [3.63, 3.8) is 0 Å². The Morgan fingerprint density at radius 1 is 1.43 bits per heavy atom. The maximum atomic E-state index is 12.2. The van der Waals surface area contributed by atoms with Crippen molar-refractivity contribution in [1.82, 2.24) is 24.9 Å². The highest BCUT2D eigenvalue weighted by Crippen LogP contribution is 2.21. The maximum absolute atomic E-state index is 12.2. The lowest BCUT2D eigenvalue weighted by molar-refractivity contribution is -0.120. The second kappa shape index (κ2) is 6.67. The molecule has 0 radical (unpaired) electrons. The molecule has 23 heavy (non-hydrogen) atoms. The first kappa shape index (κ1) is 15.9. The lowest BCUT2D eigenvalue weighted by atomic mass is 10.4. The summed E-state index contributed by atoms with van der Waals surface area (Å²) >= 11 is 2.97. The van der Waals surface area contributed by atoms with Crippen LogP contribution in [-0.2, 0) is 11.3 Å². The third-order valence-electron chi connectivity index (χ3n) is 3.27. The fourth-order valence-corrected chi connectivity index (χ4v) is 3.55. The van der Waals surface area contributed by atoms with Crippen molar-refractivity contribution in [3.05, 3.63) is 39.8 Å². The van der Waals surface area contributed by atoms with Gasteiger partial charge in [-0.25, -0.2) is 9.50 Å². The van der Waals surface area contributed by atoms with Crippen LogP contribution in [0, 0.1) is 13.8 Å². The van der Waals surface area contributed by atoms with Gasteiger partial charge in [-0.3, -0.25) is 4.79 Å². The SMILES string of the molecule is Cc1cc(C)n2nc(S[C@H](C)C(=O)NCc3cccs3)nc2n1. The minimum absolute atomic E-state index is 0.0249. The highest BCUT2D eigenvalue weighted by molar-refractivity contribution is 8.00. The second-order valence-corrected chi connectivity index (χ2v) is 7.54. The Morgan fingerprint density at radius 3 is 3.00 bits per heavy atom. The number of carbonyl (C=O) groups excluding carboxylic acids is 1. The van der Waals surface area contributed by atoms with Crippen LogP contribution in [0.15, 0.2) is 28.7 Å². The van der Waals surface area contributed by atoms with Gasteiger partial charge in [0.25, 0.3) is 5.78 Å². The summed E-state index contributed by atoms with van der Waals surface area (Å²) < 4.78 is 1.70. The number of aromatic nitrogens is 4. The lowest BCUT2D eigenvalue weighted by Gasteiger charge is -2.09. The number of carbonyl (C=O) groups is 1. The van der Waals surface area contributed by atoms with E-state index in [1.807, 2.05) is 44.4 Å². The van der Waals surface area contributed by atoms with E-state index in [0.29, 0.717) is 17.5 Å². The third kappa shape index (κ3) is 3.70. The van der Waals surface area contributed by atoms with Gasteiger partial charge in [-0.1, -0.05) is 17.8 Å². The van der Waals surface area contributed by atoms with Crippen LogP contribution < -0.4 is 5.32 Å². The molecule has 0 spiro atoms. The topological polar surface area (TPSA) is 72.2 Å². The largest absolute Gasteiger partial charge is 0.350 e. The standard InChI is InChI=1S/C15H17N5OS2/c1-9-7-10(2)20-14(17-9)18-15(19-20)23-11(3)13(21)16-8-12-5-4-6-22-12/h4-7,11H,8H2,1-3H3,(H,16,21)/t11-/m1/s1. The first-order chi connectivity index (χ1) is 11.0. The van der Waals surface area contributed by atoms with Gasteiger partial charge >= 0.3 is 0 Å². The van der Waals surface area contributed by atoms with E-state index in [-0.39, 0.29) is 11.2 Å². The average molecular weight is 347 g/mol. The molecule has 0 aliphatic carbocycles. The monoisotopic (exact) mass is 347 g/mol. The number of thioether (sulfide) groups is 1. The molecule has 0 aliphatic heterocycles. The molecule has 3 aromatic heterocycles. The molecule has 1 N–H and O–H groups in total. The van der Waals surface area contributed by atoms with E-state index in [4.69, 9.17) is 0 Å². The zero-order chi connectivity index (χ0) is 16.4. The van der Waals surface area contributed by atoms with E-state index >= 15 is 0 Å². The van der Waals surface area contributed by atoms with E-state index < -0.39 is 0 Å². The Bertz CT molecular complexity index is 828. The molecule has 0 aromatic carbocycles. The normalized spacial score (nSPS) is 12.5. The van der Waals surface area contributed by atoms with Crippen molar-refractivity contribution in [2.24, 2.45) is 0 Å². The Balaban J connectivity index is 1.66. The molecular formula is C15H17N5OS2. The molecular weight excluding hydrogens is 330 g/mol. The van der Waals surface area contributed by atoms with Crippen LogP contribution in [0.1, 0.15) is 23.2 Å². The van der Waals surface area contributed by atoms with Crippen LogP contribution >= 0.6 is 23.1 Å². The van der Waals surface area contributed by atoms with Crippen molar-refractivity contribution < 1.29 is 4.79 Å². The van der Waals surface area contributed by atoms with Gasteiger partial charge in [-0.05, 0) is 38.3 Å². The quantitative estimate of drug-likeness (QED) is 0.718. The number of hydrogen-bond acceptors (Lipinski definition) is 6. The maximum Gasteiger partial charge on any atom is 0.253 e. The fraction of sp³-hybridized carbons (Fsp3) is 0.333. The van der Waals surface area contributed by atoms with E-state index in [1.165, 1.54) is 11.8 Å². The summed E-state index contributed by atoms with van der Waals surface area (Å²) in [6.45, 7) is 6.29. The molecule has 1 amide bonds. The van der Waals surface area contributed by atoms with Crippen LogP contribution in [0.5, 0.6) is 0 Å². The van der Waals surface area contributed by atoms with Crippen molar-refractivity contribution in [1.29, 1.82) is 0 Å². The number of hydrogen-bond donors (Lipinski definition) is 1. The second-order valence-electron chi connectivity index (χ2n) is 5.20.